The Morgan fingerprint density at radius 1 is 1.06 bits per heavy atom. The van der Waals surface area contributed by atoms with Gasteiger partial charge in [-0.05, 0) is 70.8 Å². The molecule has 1 atom stereocenters. The Morgan fingerprint density at radius 3 is 2.22 bits per heavy atom. The third kappa shape index (κ3) is 2.86. The van der Waals surface area contributed by atoms with Crippen LogP contribution in [-0.2, 0) is 0 Å². The molecule has 0 saturated carbocycles. The molecule has 94 valence electrons. The highest BCUT2D eigenvalue weighted by molar-refractivity contribution is 14.1. The van der Waals surface area contributed by atoms with Crippen LogP contribution in [0.2, 0.25) is 0 Å². The fraction of sp³-hybridized carbons (Fsp3) is 0.200. The van der Waals surface area contributed by atoms with Crippen LogP contribution in [0.1, 0.15) is 27.6 Å². The van der Waals surface area contributed by atoms with Crippen LogP contribution in [0.5, 0.6) is 0 Å². The molecule has 18 heavy (non-hydrogen) atoms. The van der Waals surface area contributed by atoms with Gasteiger partial charge in [0.05, 0.1) is 5.38 Å². The lowest BCUT2D eigenvalue weighted by molar-refractivity contribution is 0.608. The Labute approximate surface area is 125 Å². The van der Waals surface area contributed by atoms with Crippen LogP contribution in [0.3, 0.4) is 0 Å². The van der Waals surface area contributed by atoms with Gasteiger partial charge in [0.15, 0.2) is 0 Å². The molecule has 0 aliphatic rings. The first-order chi connectivity index (χ1) is 8.49. The van der Waals surface area contributed by atoms with Crippen LogP contribution in [-0.4, -0.2) is 0 Å². The largest absolute Gasteiger partial charge is 0.206 e. The van der Waals surface area contributed by atoms with E-state index in [9.17, 15) is 4.39 Å². The molecule has 0 bridgehead atoms. The fourth-order valence-corrected chi connectivity index (χ4v) is 2.81. The van der Waals surface area contributed by atoms with Crippen molar-refractivity contribution in [2.45, 2.75) is 19.2 Å². The topological polar surface area (TPSA) is 0 Å². The summed E-state index contributed by atoms with van der Waals surface area (Å²) in [6.45, 7) is 3.54. The van der Waals surface area contributed by atoms with Gasteiger partial charge in [-0.2, -0.15) is 0 Å². The molecule has 0 N–H and O–H groups in total. The lowest BCUT2D eigenvalue weighted by Gasteiger charge is -2.13. The first-order valence-corrected chi connectivity index (χ1v) is 7.16. The highest BCUT2D eigenvalue weighted by Crippen LogP contribution is 2.31. The van der Waals surface area contributed by atoms with Crippen molar-refractivity contribution in [3.05, 3.63) is 68.0 Å². The van der Waals surface area contributed by atoms with Crippen molar-refractivity contribution in [1.29, 1.82) is 0 Å². The van der Waals surface area contributed by atoms with Gasteiger partial charge in [0, 0.05) is 3.57 Å². The first kappa shape index (κ1) is 13.8. The Hall–Kier alpha value is -0.610. The smallest absolute Gasteiger partial charge is 0.129 e. The quantitative estimate of drug-likeness (QED) is 0.489. The molecule has 0 aliphatic carbocycles. The summed E-state index contributed by atoms with van der Waals surface area (Å²) in [5.74, 6) is -0.148. The van der Waals surface area contributed by atoms with Gasteiger partial charge in [0.2, 0.25) is 0 Å². The number of halogens is 3. The maximum Gasteiger partial charge on any atom is 0.129 e. The van der Waals surface area contributed by atoms with Gasteiger partial charge in [-0.25, -0.2) is 4.39 Å². The highest BCUT2D eigenvalue weighted by Gasteiger charge is 2.14. The van der Waals surface area contributed by atoms with Gasteiger partial charge in [0.1, 0.15) is 5.82 Å². The molecule has 2 rings (SSSR count). The van der Waals surface area contributed by atoms with Crippen LogP contribution >= 0.6 is 34.2 Å². The van der Waals surface area contributed by atoms with Crippen molar-refractivity contribution in [2.75, 3.05) is 0 Å². The number of hydrogen-bond acceptors (Lipinski definition) is 0. The zero-order valence-corrected chi connectivity index (χ0v) is 13.1. The second-order valence-electron chi connectivity index (χ2n) is 4.39. The summed E-state index contributed by atoms with van der Waals surface area (Å²) in [5.41, 5.74) is 3.26. The van der Waals surface area contributed by atoms with Crippen molar-refractivity contribution in [3.63, 3.8) is 0 Å². The molecule has 0 aromatic heterocycles. The van der Waals surface area contributed by atoms with Gasteiger partial charge >= 0.3 is 0 Å². The number of aryl methyl sites for hydroxylation is 2. The SMILES string of the molecule is Cc1cc(C(Cl)c2cccc(I)c2)cc(C)c1F. The summed E-state index contributed by atoms with van der Waals surface area (Å²) >= 11 is 8.73. The summed E-state index contributed by atoms with van der Waals surface area (Å²) in [6.07, 6.45) is 0. The van der Waals surface area contributed by atoms with E-state index in [-0.39, 0.29) is 11.2 Å². The minimum atomic E-state index is -0.238. The minimum Gasteiger partial charge on any atom is -0.206 e. The normalized spacial score (nSPS) is 12.5. The summed E-state index contributed by atoms with van der Waals surface area (Å²) in [5, 5.41) is -0.238. The fourth-order valence-electron chi connectivity index (χ4n) is 1.98. The Balaban J connectivity index is 2.43. The summed E-state index contributed by atoms with van der Waals surface area (Å²) in [6, 6.07) is 11.7. The number of alkyl halides is 1. The maximum atomic E-state index is 13.6. The van der Waals surface area contributed by atoms with E-state index >= 15 is 0 Å². The van der Waals surface area contributed by atoms with Crippen molar-refractivity contribution in [2.24, 2.45) is 0 Å². The predicted octanol–water partition coefficient (Wildman–Crippen LogP) is 5.38. The average Bonchev–Trinajstić information content (AvgIpc) is 2.34. The van der Waals surface area contributed by atoms with Crippen LogP contribution in [0.4, 0.5) is 4.39 Å². The van der Waals surface area contributed by atoms with Gasteiger partial charge in [-0.1, -0.05) is 24.3 Å². The van der Waals surface area contributed by atoms with E-state index in [4.69, 9.17) is 11.6 Å². The van der Waals surface area contributed by atoms with Crippen LogP contribution in [0.25, 0.3) is 0 Å². The van der Waals surface area contributed by atoms with Gasteiger partial charge < -0.3 is 0 Å². The lowest BCUT2D eigenvalue weighted by atomic mass is 10.00. The highest BCUT2D eigenvalue weighted by atomic mass is 127. The summed E-state index contributed by atoms with van der Waals surface area (Å²) in [4.78, 5) is 0. The van der Waals surface area contributed by atoms with E-state index in [1.54, 1.807) is 13.8 Å². The molecule has 0 radical (unpaired) electrons. The molecular weight excluding hydrogens is 362 g/mol. The zero-order chi connectivity index (χ0) is 13.3. The molecule has 0 aliphatic heterocycles. The van der Waals surface area contributed by atoms with Crippen LogP contribution in [0.15, 0.2) is 36.4 Å². The Kier molecular flexibility index (Phi) is 4.28. The molecular formula is C15H13ClFI. The number of hydrogen-bond donors (Lipinski definition) is 0. The zero-order valence-electron chi connectivity index (χ0n) is 10.2. The Bertz CT molecular complexity index is 557. The van der Waals surface area contributed by atoms with Crippen molar-refractivity contribution in [3.8, 4) is 0 Å². The summed E-state index contributed by atoms with van der Waals surface area (Å²) < 4.78 is 14.7. The van der Waals surface area contributed by atoms with Gasteiger partial charge in [0.25, 0.3) is 0 Å². The van der Waals surface area contributed by atoms with Gasteiger partial charge in [-0.3, -0.25) is 0 Å². The second-order valence-corrected chi connectivity index (χ2v) is 6.07. The monoisotopic (exact) mass is 374 g/mol. The van der Waals surface area contributed by atoms with E-state index in [2.05, 4.69) is 22.6 Å². The molecule has 2 aromatic carbocycles. The molecule has 0 spiro atoms. The molecule has 1 unspecified atom stereocenters. The number of benzene rings is 2. The number of rotatable bonds is 2. The lowest BCUT2D eigenvalue weighted by Crippen LogP contribution is -1.98. The first-order valence-electron chi connectivity index (χ1n) is 5.65. The maximum absolute atomic E-state index is 13.6. The van der Waals surface area contributed by atoms with Gasteiger partial charge in [-0.15, -0.1) is 11.6 Å². The van der Waals surface area contributed by atoms with E-state index in [0.29, 0.717) is 11.1 Å². The van der Waals surface area contributed by atoms with E-state index in [1.165, 1.54) is 0 Å². The summed E-state index contributed by atoms with van der Waals surface area (Å²) in [7, 11) is 0. The third-order valence-electron chi connectivity index (χ3n) is 2.89. The van der Waals surface area contributed by atoms with E-state index in [1.807, 2.05) is 36.4 Å². The van der Waals surface area contributed by atoms with Crippen LogP contribution in [0, 0.1) is 23.2 Å². The van der Waals surface area contributed by atoms with Crippen LogP contribution < -0.4 is 0 Å². The van der Waals surface area contributed by atoms with E-state index < -0.39 is 0 Å². The van der Waals surface area contributed by atoms with E-state index in [0.717, 1.165) is 14.7 Å². The van der Waals surface area contributed by atoms with Crippen molar-refractivity contribution >= 4 is 34.2 Å². The molecule has 2 aromatic rings. The predicted molar refractivity (Wildman–Crippen MR) is 82.7 cm³/mol. The molecule has 0 fully saturated rings. The molecule has 0 heterocycles. The average molecular weight is 375 g/mol. The molecule has 0 saturated heterocycles. The standard InChI is InChI=1S/C15H13ClFI/c1-9-6-12(7-10(2)15(9)17)14(16)11-4-3-5-13(18)8-11/h3-8,14H,1-2H3. The Morgan fingerprint density at radius 2 is 1.67 bits per heavy atom. The van der Waals surface area contributed by atoms with Crippen molar-refractivity contribution < 1.29 is 4.39 Å². The third-order valence-corrected chi connectivity index (χ3v) is 4.07. The molecule has 0 amide bonds. The van der Waals surface area contributed by atoms with Crippen molar-refractivity contribution in [1.82, 2.24) is 0 Å². The molecule has 0 nitrogen and oxygen atoms in total. The molecule has 3 heteroatoms. The minimum absolute atomic E-state index is 0.148. The second kappa shape index (κ2) is 5.57.